The average Bonchev–Trinajstić information content (AvgIpc) is 2.59. The van der Waals surface area contributed by atoms with Gasteiger partial charge in [0, 0.05) is 24.7 Å². The molecule has 2 rings (SSSR count). The lowest BCUT2D eigenvalue weighted by Crippen LogP contribution is -2.07. The van der Waals surface area contributed by atoms with Gasteiger partial charge in [-0.05, 0) is 36.8 Å². The molecule has 3 heteroatoms. The van der Waals surface area contributed by atoms with Crippen molar-refractivity contribution in [1.29, 1.82) is 5.26 Å². The largest absolute Gasteiger partial charge is 0.351 e. The molecule has 0 atom stereocenters. The van der Waals surface area contributed by atoms with Crippen LogP contribution in [0.25, 0.3) is 0 Å². The Hall–Kier alpha value is -2.44. The number of rotatable bonds is 6. The van der Waals surface area contributed by atoms with Crippen LogP contribution in [-0.2, 0) is 5.75 Å². The summed E-state index contributed by atoms with van der Waals surface area (Å²) >= 11 is 1.55. The van der Waals surface area contributed by atoms with Gasteiger partial charge in [0.2, 0.25) is 0 Å². The lowest BCUT2D eigenvalue weighted by molar-refractivity contribution is 1.20. The quantitative estimate of drug-likeness (QED) is 0.535. The van der Waals surface area contributed by atoms with Crippen molar-refractivity contribution < 1.29 is 0 Å². The van der Waals surface area contributed by atoms with Crippen LogP contribution in [0.4, 0.5) is 5.69 Å². The summed E-state index contributed by atoms with van der Waals surface area (Å²) < 4.78 is 0. The first-order chi connectivity index (χ1) is 11.2. The molecule has 0 unspecified atom stereocenters. The molecule has 2 aromatic rings. The Labute approximate surface area is 142 Å². The van der Waals surface area contributed by atoms with E-state index < -0.39 is 0 Å². The first-order valence-electron chi connectivity index (χ1n) is 7.44. The lowest BCUT2D eigenvalue weighted by Gasteiger charge is -2.13. The van der Waals surface area contributed by atoms with Crippen LogP contribution in [0.2, 0.25) is 0 Å². The number of nitrogens with zero attached hydrogens (tertiary/aromatic N) is 2. The minimum Gasteiger partial charge on any atom is -0.351 e. The van der Waals surface area contributed by atoms with Crippen molar-refractivity contribution in [3.05, 3.63) is 89.0 Å². The fraction of sp³-hybridized carbons (Fsp3) is 0.150. The van der Waals surface area contributed by atoms with Crippen molar-refractivity contribution in [3.63, 3.8) is 0 Å². The van der Waals surface area contributed by atoms with E-state index in [-0.39, 0.29) is 0 Å². The van der Waals surface area contributed by atoms with Crippen LogP contribution in [0, 0.1) is 18.3 Å². The summed E-state index contributed by atoms with van der Waals surface area (Å²) in [5.74, 6) is 0.807. The van der Waals surface area contributed by atoms with E-state index in [1.165, 1.54) is 11.1 Å². The highest BCUT2D eigenvalue weighted by Gasteiger charge is 1.98. The monoisotopic (exact) mass is 320 g/mol. The first-order valence-corrected chi connectivity index (χ1v) is 8.42. The van der Waals surface area contributed by atoms with Crippen molar-refractivity contribution in [2.24, 2.45) is 0 Å². The van der Waals surface area contributed by atoms with Gasteiger partial charge in [-0.2, -0.15) is 5.26 Å². The molecule has 0 amide bonds. The van der Waals surface area contributed by atoms with Gasteiger partial charge in [-0.3, -0.25) is 0 Å². The van der Waals surface area contributed by atoms with E-state index in [1.54, 1.807) is 11.8 Å². The molecular formula is C20H20N2S. The SMILES string of the molecule is Cc1ccc(N(C)C=CC=C(C#N)SCc2ccccc2)cc1. The lowest BCUT2D eigenvalue weighted by atomic mass is 10.2. The highest BCUT2D eigenvalue weighted by Crippen LogP contribution is 2.21. The van der Waals surface area contributed by atoms with E-state index in [0.717, 1.165) is 11.4 Å². The minimum absolute atomic E-state index is 0.711. The Kier molecular flexibility index (Phi) is 6.53. The molecule has 0 saturated carbocycles. The molecule has 2 aromatic carbocycles. The van der Waals surface area contributed by atoms with Gasteiger partial charge < -0.3 is 4.90 Å². The topological polar surface area (TPSA) is 27.0 Å². The summed E-state index contributed by atoms with van der Waals surface area (Å²) in [4.78, 5) is 2.75. The van der Waals surface area contributed by atoms with Crippen LogP contribution in [0.5, 0.6) is 0 Å². The van der Waals surface area contributed by atoms with Crippen molar-refractivity contribution in [2.45, 2.75) is 12.7 Å². The van der Waals surface area contributed by atoms with Crippen LogP contribution >= 0.6 is 11.8 Å². The Morgan fingerprint density at radius 2 is 1.83 bits per heavy atom. The maximum absolute atomic E-state index is 9.23. The predicted molar refractivity (Wildman–Crippen MR) is 100 cm³/mol. The minimum atomic E-state index is 0.711. The van der Waals surface area contributed by atoms with Crippen molar-refractivity contribution in [2.75, 3.05) is 11.9 Å². The van der Waals surface area contributed by atoms with E-state index in [4.69, 9.17) is 0 Å². The summed E-state index contributed by atoms with van der Waals surface area (Å²) in [7, 11) is 2.00. The van der Waals surface area contributed by atoms with Gasteiger partial charge in [0.15, 0.2) is 0 Å². The Morgan fingerprint density at radius 1 is 1.13 bits per heavy atom. The van der Waals surface area contributed by atoms with E-state index >= 15 is 0 Å². The van der Waals surface area contributed by atoms with Gasteiger partial charge in [-0.25, -0.2) is 0 Å². The zero-order valence-electron chi connectivity index (χ0n) is 13.4. The van der Waals surface area contributed by atoms with Gasteiger partial charge in [-0.1, -0.05) is 48.0 Å². The van der Waals surface area contributed by atoms with Crippen LogP contribution in [0.3, 0.4) is 0 Å². The number of allylic oxidation sites excluding steroid dienone is 3. The molecule has 116 valence electrons. The molecule has 0 spiro atoms. The number of aryl methyl sites for hydroxylation is 1. The van der Waals surface area contributed by atoms with Crippen LogP contribution in [-0.4, -0.2) is 7.05 Å². The van der Waals surface area contributed by atoms with Gasteiger partial charge in [0.25, 0.3) is 0 Å². The van der Waals surface area contributed by atoms with E-state index in [2.05, 4.69) is 49.4 Å². The Bertz CT molecular complexity index is 710. The molecule has 0 radical (unpaired) electrons. The third-order valence-electron chi connectivity index (χ3n) is 3.35. The summed E-state index contributed by atoms with van der Waals surface area (Å²) in [5, 5.41) is 9.23. The van der Waals surface area contributed by atoms with Gasteiger partial charge in [0.05, 0.1) is 4.91 Å². The van der Waals surface area contributed by atoms with Crippen molar-refractivity contribution in [1.82, 2.24) is 0 Å². The molecular weight excluding hydrogens is 300 g/mol. The average molecular weight is 320 g/mol. The Morgan fingerprint density at radius 3 is 2.48 bits per heavy atom. The second-order valence-corrected chi connectivity index (χ2v) is 6.22. The van der Waals surface area contributed by atoms with E-state index in [0.29, 0.717) is 4.91 Å². The number of thioether (sulfide) groups is 1. The zero-order chi connectivity index (χ0) is 16.5. The van der Waals surface area contributed by atoms with E-state index in [1.807, 2.05) is 48.5 Å². The van der Waals surface area contributed by atoms with Crippen LogP contribution in [0.15, 0.2) is 77.9 Å². The smallest absolute Gasteiger partial charge is 0.106 e. The fourth-order valence-corrected chi connectivity index (χ4v) is 2.73. The number of hydrogen-bond donors (Lipinski definition) is 0. The predicted octanol–water partition coefficient (Wildman–Crippen LogP) is 5.29. The molecule has 0 N–H and O–H groups in total. The fourth-order valence-electron chi connectivity index (χ4n) is 1.98. The van der Waals surface area contributed by atoms with Gasteiger partial charge >= 0.3 is 0 Å². The molecule has 23 heavy (non-hydrogen) atoms. The number of anilines is 1. The molecule has 0 bridgehead atoms. The molecule has 0 heterocycles. The standard InChI is InChI=1S/C20H20N2S/c1-17-10-12-19(13-11-17)22(2)14-6-9-20(15-21)23-16-18-7-4-3-5-8-18/h3-14H,16H2,1-2H3. The van der Waals surface area contributed by atoms with Crippen LogP contribution < -0.4 is 4.90 Å². The molecule has 2 nitrogen and oxygen atoms in total. The molecule has 0 fully saturated rings. The molecule has 0 aromatic heterocycles. The summed E-state index contributed by atoms with van der Waals surface area (Å²) in [6, 6.07) is 20.8. The third kappa shape index (κ3) is 5.69. The molecule has 0 aliphatic heterocycles. The maximum Gasteiger partial charge on any atom is 0.106 e. The summed E-state index contributed by atoms with van der Waals surface area (Å²) in [5.41, 5.74) is 3.59. The van der Waals surface area contributed by atoms with E-state index in [9.17, 15) is 5.26 Å². The first kappa shape index (κ1) is 16.9. The highest BCUT2D eigenvalue weighted by atomic mass is 32.2. The van der Waals surface area contributed by atoms with Gasteiger partial charge in [0.1, 0.15) is 6.07 Å². The third-order valence-corrected chi connectivity index (χ3v) is 4.36. The number of nitriles is 1. The normalized spacial score (nSPS) is 11.4. The zero-order valence-corrected chi connectivity index (χ0v) is 14.3. The molecule has 0 saturated heterocycles. The highest BCUT2D eigenvalue weighted by molar-refractivity contribution is 8.02. The van der Waals surface area contributed by atoms with Crippen molar-refractivity contribution >= 4 is 17.4 Å². The maximum atomic E-state index is 9.23. The second kappa shape index (κ2) is 8.87. The van der Waals surface area contributed by atoms with Crippen LogP contribution in [0.1, 0.15) is 11.1 Å². The number of hydrogen-bond acceptors (Lipinski definition) is 3. The van der Waals surface area contributed by atoms with Crippen molar-refractivity contribution in [3.8, 4) is 6.07 Å². The number of benzene rings is 2. The molecule has 0 aliphatic rings. The second-order valence-electron chi connectivity index (χ2n) is 5.20. The summed E-state index contributed by atoms with van der Waals surface area (Å²) in [6.45, 7) is 2.07. The molecule has 0 aliphatic carbocycles. The summed E-state index contributed by atoms with van der Waals surface area (Å²) in [6.07, 6.45) is 5.74. The van der Waals surface area contributed by atoms with Gasteiger partial charge in [-0.15, -0.1) is 11.8 Å². The Balaban J connectivity index is 1.93.